The van der Waals surface area contributed by atoms with Crippen LogP contribution in [0.5, 0.6) is 11.5 Å². The Hall–Kier alpha value is -4.26. The first-order valence-electron chi connectivity index (χ1n) is 12.6. The summed E-state index contributed by atoms with van der Waals surface area (Å²) >= 11 is 0. The van der Waals surface area contributed by atoms with E-state index in [1.807, 2.05) is 78.9 Å². The van der Waals surface area contributed by atoms with Crippen LogP contribution in [0, 0.1) is 0 Å². The van der Waals surface area contributed by atoms with Crippen molar-refractivity contribution in [2.45, 2.75) is 30.1 Å². The van der Waals surface area contributed by atoms with Crippen LogP contribution in [0.15, 0.2) is 78.9 Å². The Labute approximate surface area is 237 Å². The summed E-state index contributed by atoms with van der Waals surface area (Å²) in [7, 11) is -1.67. The third-order valence-corrected chi connectivity index (χ3v) is 7.72. The third-order valence-electron chi connectivity index (χ3n) is 6.63. The number of carbonyl (C=O) groups excluding carboxylic acids is 3. The zero-order chi connectivity index (χ0) is 29.6. The van der Waals surface area contributed by atoms with Crippen molar-refractivity contribution < 1.29 is 46.4 Å². The first-order valence-corrected chi connectivity index (χ1v) is 14.1. The molecule has 1 unspecified atom stereocenters. The Balaban J connectivity index is 1.56. The highest BCUT2D eigenvalue weighted by Crippen LogP contribution is 2.41. The van der Waals surface area contributed by atoms with E-state index in [2.05, 4.69) is 0 Å². The molecule has 4 rings (SSSR count). The van der Waals surface area contributed by atoms with Gasteiger partial charge in [0.15, 0.2) is 5.25 Å². The number of amides is 2. The minimum absolute atomic E-state index is 0.0532. The Morgan fingerprint density at radius 1 is 0.878 bits per heavy atom. The molecule has 0 bridgehead atoms. The minimum atomic E-state index is -4.82. The second-order valence-corrected chi connectivity index (χ2v) is 10.8. The zero-order valence-corrected chi connectivity index (χ0v) is 23.2. The summed E-state index contributed by atoms with van der Waals surface area (Å²) in [5.74, 6) is -1.97. The van der Waals surface area contributed by atoms with Gasteiger partial charge in [-0.15, -0.1) is 5.06 Å². The van der Waals surface area contributed by atoms with Gasteiger partial charge in [0.25, 0.3) is 21.9 Å². The number of imide groups is 1. The first kappa shape index (κ1) is 29.7. The number of rotatable bonds is 12. The molecule has 3 aromatic carbocycles. The zero-order valence-electron chi connectivity index (χ0n) is 22.4. The van der Waals surface area contributed by atoms with Gasteiger partial charge in [0.05, 0.1) is 27.1 Å². The molecule has 1 N–H and O–H groups in total. The third kappa shape index (κ3) is 6.40. The van der Waals surface area contributed by atoms with E-state index < -0.39 is 45.2 Å². The van der Waals surface area contributed by atoms with Crippen LogP contribution in [-0.4, -0.2) is 61.9 Å². The molecule has 216 valence electrons. The molecular weight excluding hydrogens is 554 g/mol. The topological polar surface area (TPSA) is 146 Å². The minimum Gasteiger partial charge on any atom is -0.497 e. The highest BCUT2D eigenvalue weighted by molar-refractivity contribution is 7.87. The van der Waals surface area contributed by atoms with E-state index >= 15 is 0 Å². The van der Waals surface area contributed by atoms with Crippen molar-refractivity contribution in [1.82, 2.24) is 5.06 Å². The van der Waals surface area contributed by atoms with E-state index in [0.717, 1.165) is 16.7 Å². The Kier molecular flexibility index (Phi) is 9.06. The van der Waals surface area contributed by atoms with E-state index in [4.69, 9.17) is 23.6 Å². The van der Waals surface area contributed by atoms with Crippen LogP contribution in [0.3, 0.4) is 0 Å². The van der Waals surface area contributed by atoms with Crippen molar-refractivity contribution in [1.29, 1.82) is 0 Å². The van der Waals surface area contributed by atoms with Crippen LogP contribution in [0.1, 0.15) is 36.0 Å². The van der Waals surface area contributed by atoms with Crippen LogP contribution in [-0.2, 0) is 39.7 Å². The lowest BCUT2D eigenvalue weighted by Gasteiger charge is -2.36. The molecule has 1 aliphatic rings. The average Bonchev–Trinajstić information content (AvgIpc) is 3.27. The summed E-state index contributed by atoms with van der Waals surface area (Å²) in [6, 6.07) is 24.4. The maximum atomic E-state index is 12.5. The molecule has 0 aliphatic carbocycles. The number of methoxy groups -OCH3 is 2. The van der Waals surface area contributed by atoms with Crippen molar-refractivity contribution >= 4 is 27.9 Å². The molecule has 0 spiro atoms. The Morgan fingerprint density at radius 3 is 1.85 bits per heavy atom. The lowest BCUT2D eigenvalue weighted by atomic mass is 9.80. The van der Waals surface area contributed by atoms with Crippen molar-refractivity contribution in [2.24, 2.45) is 0 Å². The molecule has 12 heteroatoms. The van der Waals surface area contributed by atoms with Crippen molar-refractivity contribution in [3.8, 4) is 11.5 Å². The Morgan fingerprint density at radius 2 is 1.39 bits per heavy atom. The van der Waals surface area contributed by atoms with Gasteiger partial charge in [0.2, 0.25) is 0 Å². The summed E-state index contributed by atoms with van der Waals surface area (Å²) in [5, 5.41) is -1.91. The van der Waals surface area contributed by atoms with Crippen LogP contribution < -0.4 is 9.47 Å². The molecule has 41 heavy (non-hydrogen) atoms. The molecule has 0 aromatic heterocycles. The number of hydroxylamine groups is 2. The molecule has 3 aromatic rings. The number of carbonyl (C=O) groups is 3. The monoisotopic (exact) mass is 583 g/mol. The standard InChI is InChI=1S/C29H29NO10S/c1-37-23-14-10-21(11-15-23)29(20-7-4-3-5-8-20,22-12-16-24(38-2)17-13-22)39-18-6-9-27(32)40-30-26(31)19-25(28(30)33)41(34,35)36/h3-5,7-8,10-17,25H,6,9,18-19H2,1-2H3,(H,34,35,36). The molecule has 2 amide bonds. The number of ether oxygens (including phenoxy) is 3. The Bertz CT molecular complexity index is 1440. The maximum absolute atomic E-state index is 12.5. The maximum Gasteiger partial charge on any atom is 0.333 e. The van der Waals surface area contributed by atoms with Gasteiger partial charge in [0.1, 0.15) is 17.1 Å². The molecular formula is C29H29NO10S. The fourth-order valence-corrected chi connectivity index (χ4v) is 5.28. The predicted octanol–water partition coefficient (Wildman–Crippen LogP) is 3.27. The second kappa shape index (κ2) is 12.5. The first-order chi connectivity index (χ1) is 19.6. The molecule has 1 fully saturated rings. The highest BCUT2D eigenvalue weighted by Gasteiger charge is 2.48. The summed E-state index contributed by atoms with van der Waals surface area (Å²) in [6.07, 6.45) is -0.918. The summed E-state index contributed by atoms with van der Waals surface area (Å²) < 4.78 is 49.1. The fourth-order valence-electron chi connectivity index (χ4n) is 4.57. The van der Waals surface area contributed by atoms with Gasteiger partial charge in [-0.3, -0.25) is 14.1 Å². The van der Waals surface area contributed by atoms with Gasteiger partial charge in [-0.05, 0) is 47.4 Å². The summed E-state index contributed by atoms with van der Waals surface area (Å²) in [6.45, 7) is 0.0532. The van der Waals surface area contributed by atoms with Gasteiger partial charge in [0, 0.05) is 6.61 Å². The molecule has 1 heterocycles. The quantitative estimate of drug-likeness (QED) is 0.146. The van der Waals surface area contributed by atoms with Gasteiger partial charge < -0.3 is 19.0 Å². The molecule has 0 radical (unpaired) electrons. The number of benzene rings is 3. The van der Waals surface area contributed by atoms with Crippen LogP contribution >= 0.6 is 0 Å². The van der Waals surface area contributed by atoms with E-state index in [-0.39, 0.29) is 24.5 Å². The predicted molar refractivity (Wildman–Crippen MR) is 145 cm³/mol. The van der Waals surface area contributed by atoms with Gasteiger partial charge >= 0.3 is 5.97 Å². The van der Waals surface area contributed by atoms with E-state index in [1.165, 1.54) is 0 Å². The lowest BCUT2D eigenvalue weighted by molar-refractivity contribution is -0.197. The van der Waals surface area contributed by atoms with E-state index in [9.17, 15) is 22.8 Å². The van der Waals surface area contributed by atoms with Gasteiger partial charge in [-0.2, -0.15) is 8.42 Å². The van der Waals surface area contributed by atoms with Crippen molar-refractivity contribution in [3.05, 3.63) is 95.6 Å². The van der Waals surface area contributed by atoms with Gasteiger partial charge in [-0.25, -0.2) is 4.79 Å². The molecule has 11 nitrogen and oxygen atoms in total. The van der Waals surface area contributed by atoms with E-state index in [1.54, 1.807) is 14.2 Å². The summed E-state index contributed by atoms with van der Waals surface area (Å²) in [4.78, 5) is 41.5. The second-order valence-electron chi connectivity index (χ2n) is 9.15. The molecule has 1 atom stereocenters. The summed E-state index contributed by atoms with van der Waals surface area (Å²) in [5.41, 5.74) is 1.30. The fraction of sp³-hybridized carbons (Fsp3) is 0.276. The SMILES string of the molecule is COc1ccc(C(OCCCC(=O)ON2C(=O)CC(S(=O)(=O)O)C2=O)(c2ccccc2)c2ccc(OC)cc2)cc1. The number of hydrogen-bond donors (Lipinski definition) is 1. The van der Waals surface area contributed by atoms with Crippen LogP contribution in [0.4, 0.5) is 0 Å². The normalized spacial score (nSPS) is 15.6. The van der Waals surface area contributed by atoms with Crippen LogP contribution in [0.25, 0.3) is 0 Å². The van der Waals surface area contributed by atoms with Crippen molar-refractivity contribution in [2.75, 3.05) is 20.8 Å². The van der Waals surface area contributed by atoms with Crippen molar-refractivity contribution in [3.63, 3.8) is 0 Å². The van der Waals surface area contributed by atoms with Crippen LogP contribution in [0.2, 0.25) is 0 Å². The lowest BCUT2D eigenvalue weighted by Crippen LogP contribution is -2.36. The smallest absolute Gasteiger partial charge is 0.333 e. The molecule has 0 saturated carbocycles. The van der Waals surface area contributed by atoms with Gasteiger partial charge in [-0.1, -0.05) is 54.6 Å². The van der Waals surface area contributed by atoms with E-state index in [0.29, 0.717) is 11.5 Å². The average molecular weight is 584 g/mol. The number of hydrogen-bond acceptors (Lipinski definition) is 9. The molecule has 1 saturated heterocycles. The number of nitrogens with zero attached hydrogens (tertiary/aromatic N) is 1. The largest absolute Gasteiger partial charge is 0.497 e. The highest BCUT2D eigenvalue weighted by atomic mass is 32.2. The molecule has 1 aliphatic heterocycles.